The van der Waals surface area contributed by atoms with Crippen LogP contribution in [-0.4, -0.2) is 42.1 Å². The van der Waals surface area contributed by atoms with Gasteiger partial charge in [0.1, 0.15) is 6.61 Å². The number of likely N-dealkylation sites (tertiary alicyclic amines) is 1. The third-order valence-electron chi connectivity index (χ3n) is 6.71. The van der Waals surface area contributed by atoms with Crippen molar-refractivity contribution >= 4 is 12.0 Å². The van der Waals surface area contributed by atoms with Crippen molar-refractivity contribution in [2.45, 2.75) is 44.1 Å². The lowest BCUT2D eigenvalue weighted by Gasteiger charge is -2.60. The quantitative estimate of drug-likeness (QED) is 0.900. The lowest BCUT2D eigenvalue weighted by Crippen LogP contribution is -2.66. The minimum atomic E-state index is -0.342. The number of carbonyl (C=O) groups excluding carboxylic acids is 2. The summed E-state index contributed by atoms with van der Waals surface area (Å²) in [6.07, 6.45) is 3.53. The van der Waals surface area contributed by atoms with Gasteiger partial charge in [-0.05, 0) is 44.1 Å². The van der Waals surface area contributed by atoms with Gasteiger partial charge in [0.2, 0.25) is 5.91 Å². The summed E-state index contributed by atoms with van der Waals surface area (Å²) in [5.41, 5.74) is 2.89. The number of ether oxygens (including phenoxy) is 1. The van der Waals surface area contributed by atoms with Crippen LogP contribution in [0.2, 0.25) is 0 Å². The number of benzene rings is 1. The van der Waals surface area contributed by atoms with Crippen LogP contribution in [0.5, 0.6) is 0 Å². The van der Waals surface area contributed by atoms with Gasteiger partial charge in [0.15, 0.2) is 0 Å². The highest BCUT2D eigenvalue weighted by Gasteiger charge is 2.58. The van der Waals surface area contributed by atoms with E-state index < -0.39 is 0 Å². The Hall–Kier alpha value is -2.04. The topological polar surface area (TPSA) is 58.6 Å². The van der Waals surface area contributed by atoms with Gasteiger partial charge in [-0.25, -0.2) is 4.79 Å². The molecule has 0 radical (unpaired) electrons. The van der Waals surface area contributed by atoms with Gasteiger partial charge in [-0.3, -0.25) is 4.79 Å². The highest BCUT2D eigenvalue weighted by Crippen LogP contribution is 2.56. The predicted octanol–water partition coefficient (Wildman–Crippen LogP) is 2.59. The fourth-order valence-corrected chi connectivity index (χ4v) is 5.35. The number of rotatable bonds is 2. The minimum absolute atomic E-state index is 0.0620. The minimum Gasteiger partial charge on any atom is -0.447 e. The fourth-order valence-electron chi connectivity index (χ4n) is 5.35. The second-order valence-corrected chi connectivity index (χ2v) is 8.80. The van der Waals surface area contributed by atoms with E-state index in [1.807, 2.05) is 4.90 Å². The molecule has 2 saturated carbocycles. The summed E-state index contributed by atoms with van der Waals surface area (Å²) >= 11 is 0. The average Bonchev–Trinajstić information content (AvgIpc) is 2.85. The number of amides is 2. The summed E-state index contributed by atoms with van der Waals surface area (Å²) in [6.45, 7) is 4.39. The monoisotopic (exact) mass is 340 g/mol. The van der Waals surface area contributed by atoms with Gasteiger partial charge in [-0.1, -0.05) is 29.8 Å². The molecule has 5 nitrogen and oxygen atoms in total. The van der Waals surface area contributed by atoms with Crippen LogP contribution in [-0.2, 0) is 9.53 Å². The summed E-state index contributed by atoms with van der Waals surface area (Å²) in [7, 11) is 0. The summed E-state index contributed by atoms with van der Waals surface area (Å²) in [5, 5.41) is 2.86. The van der Waals surface area contributed by atoms with Gasteiger partial charge >= 0.3 is 6.09 Å². The largest absolute Gasteiger partial charge is 0.447 e. The molecule has 4 fully saturated rings. The molecular weight excluding hydrogens is 316 g/mol. The standard InChI is InChI=1S/C20H24N2O3/c1-13-3-2-4-14(5-13)15-6-19(7-15)10-22(11-19)17(23)16-8-20(9-16)12-25-18(24)21-20/h2-5,15-16H,6-12H2,1H3,(H,21,24). The van der Waals surface area contributed by atoms with Crippen LogP contribution in [0.1, 0.15) is 42.7 Å². The first-order valence-corrected chi connectivity index (χ1v) is 9.26. The van der Waals surface area contributed by atoms with Crippen molar-refractivity contribution in [1.82, 2.24) is 10.2 Å². The Labute approximate surface area is 147 Å². The van der Waals surface area contributed by atoms with Crippen LogP contribution in [0, 0.1) is 18.3 Å². The third kappa shape index (κ3) is 2.35. The van der Waals surface area contributed by atoms with E-state index in [9.17, 15) is 9.59 Å². The molecule has 2 aliphatic carbocycles. The van der Waals surface area contributed by atoms with Crippen LogP contribution in [0.15, 0.2) is 24.3 Å². The zero-order valence-electron chi connectivity index (χ0n) is 14.6. The lowest BCUT2D eigenvalue weighted by atomic mass is 9.55. The van der Waals surface area contributed by atoms with Crippen molar-refractivity contribution in [3.05, 3.63) is 35.4 Å². The van der Waals surface area contributed by atoms with E-state index in [0.717, 1.165) is 25.9 Å². The summed E-state index contributed by atoms with van der Waals surface area (Å²) in [4.78, 5) is 25.9. The number of hydrogen-bond acceptors (Lipinski definition) is 3. The van der Waals surface area contributed by atoms with Crippen molar-refractivity contribution in [1.29, 1.82) is 0 Å². The maximum Gasteiger partial charge on any atom is 0.407 e. The van der Waals surface area contributed by atoms with Crippen LogP contribution < -0.4 is 5.32 Å². The van der Waals surface area contributed by atoms with Crippen molar-refractivity contribution in [3.8, 4) is 0 Å². The lowest BCUT2D eigenvalue weighted by molar-refractivity contribution is -0.161. The molecule has 2 spiro atoms. The molecule has 0 atom stereocenters. The molecule has 25 heavy (non-hydrogen) atoms. The number of nitrogens with one attached hydrogen (secondary N) is 1. The summed E-state index contributed by atoms with van der Waals surface area (Å²) in [6, 6.07) is 8.82. The smallest absolute Gasteiger partial charge is 0.407 e. The molecule has 0 aromatic heterocycles. The van der Waals surface area contributed by atoms with E-state index in [-0.39, 0.29) is 23.5 Å². The van der Waals surface area contributed by atoms with Crippen LogP contribution in [0.3, 0.4) is 0 Å². The van der Waals surface area contributed by atoms with Crippen molar-refractivity contribution in [3.63, 3.8) is 0 Å². The Bertz CT molecular complexity index is 739. The molecule has 2 amide bonds. The van der Waals surface area contributed by atoms with Crippen LogP contribution >= 0.6 is 0 Å². The van der Waals surface area contributed by atoms with E-state index in [0.29, 0.717) is 17.9 Å². The number of aryl methyl sites for hydroxylation is 1. The van der Waals surface area contributed by atoms with E-state index in [1.165, 1.54) is 24.0 Å². The molecule has 4 aliphatic rings. The van der Waals surface area contributed by atoms with Gasteiger partial charge in [0.05, 0.1) is 5.54 Å². The van der Waals surface area contributed by atoms with Crippen LogP contribution in [0.4, 0.5) is 4.79 Å². The Kier molecular flexibility index (Phi) is 3.04. The number of hydrogen-bond donors (Lipinski definition) is 1. The van der Waals surface area contributed by atoms with Gasteiger partial charge in [-0.15, -0.1) is 0 Å². The highest BCUT2D eigenvalue weighted by atomic mass is 16.6. The number of cyclic esters (lactones) is 1. The van der Waals surface area contributed by atoms with Gasteiger partial charge in [0.25, 0.3) is 0 Å². The molecule has 2 heterocycles. The van der Waals surface area contributed by atoms with E-state index in [2.05, 4.69) is 36.5 Å². The zero-order chi connectivity index (χ0) is 17.2. The molecule has 1 aromatic rings. The van der Waals surface area contributed by atoms with E-state index in [4.69, 9.17) is 4.74 Å². The Morgan fingerprint density at radius 2 is 2.00 bits per heavy atom. The molecule has 0 bridgehead atoms. The van der Waals surface area contributed by atoms with Gasteiger partial charge in [-0.2, -0.15) is 0 Å². The molecule has 5 rings (SSSR count). The molecule has 2 saturated heterocycles. The maximum absolute atomic E-state index is 12.6. The van der Waals surface area contributed by atoms with E-state index in [1.54, 1.807) is 0 Å². The number of alkyl carbamates (subject to hydrolysis) is 1. The second kappa shape index (κ2) is 4.99. The molecule has 1 N–H and O–H groups in total. The fraction of sp³-hybridized carbons (Fsp3) is 0.600. The number of carbonyl (C=O) groups is 2. The zero-order valence-corrected chi connectivity index (χ0v) is 14.6. The molecule has 5 heteroatoms. The Balaban J connectivity index is 1.12. The SMILES string of the molecule is Cc1cccc(C2CC3(C2)CN(C(=O)C2CC4(COC(=O)N4)C2)C3)c1. The molecule has 2 aliphatic heterocycles. The van der Waals surface area contributed by atoms with Crippen molar-refractivity contribution < 1.29 is 14.3 Å². The third-order valence-corrected chi connectivity index (χ3v) is 6.71. The Morgan fingerprint density at radius 1 is 1.24 bits per heavy atom. The summed E-state index contributed by atoms with van der Waals surface area (Å²) in [5.74, 6) is 0.998. The van der Waals surface area contributed by atoms with Crippen molar-refractivity contribution in [2.75, 3.05) is 19.7 Å². The summed E-state index contributed by atoms with van der Waals surface area (Å²) < 4.78 is 4.99. The normalized spacial score (nSPS) is 28.8. The van der Waals surface area contributed by atoms with E-state index >= 15 is 0 Å². The predicted molar refractivity (Wildman–Crippen MR) is 92.1 cm³/mol. The molecule has 1 aromatic carbocycles. The first-order chi connectivity index (χ1) is 12.0. The van der Waals surface area contributed by atoms with Gasteiger partial charge in [0, 0.05) is 24.4 Å². The maximum atomic E-state index is 12.6. The first-order valence-electron chi connectivity index (χ1n) is 9.26. The average molecular weight is 340 g/mol. The van der Waals surface area contributed by atoms with Crippen LogP contribution in [0.25, 0.3) is 0 Å². The molecule has 0 unspecified atom stereocenters. The van der Waals surface area contributed by atoms with Gasteiger partial charge < -0.3 is 15.0 Å². The first kappa shape index (κ1) is 15.2. The van der Waals surface area contributed by atoms with Crippen molar-refractivity contribution in [2.24, 2.45) is 11.3 Å². The second-order valence-electron chi connectivity index (χ2n) is 8.80. The highest BCUT2D eigenvalue weighted by molar-refractivity contribution is 5.82. The number of nitrogens with zero attached hydrogens (tertiary/aromatic N) is 1. The molecule has 132 valence electrons. The Morgan fingerprint density at radius 3 is 2.64 bits per heavy atom. The molecular formula is C20H24N2O3.